The number of benzene rings is 1. The van der Waals surface area contributed by atoms with Crippen LogP contribution in [0.25, 0.3) is 10.8 Å². The number of rotatable bonds is 1. The van der Waals surface area contributed by atoms with Gasteiger partial charge in [-0.25, -0.2) is 0 Å². The van der Waals surface area contributed by atoms with E-state index in [1.165, 1.54) is 0 Å². The molecule has 1 unspecified atom stereocenters. The second kappa shape index (κ2) is 3.95. The summed E-state index contributed by atoms with van der Waals surface area (Å²) in [6.45, 7) is 0.558. The van der Waals surface area contributed by atoms with Gasteiger partial charge in [0.25, 0.3) is 5.56 Å². The summed E-state index contributed by atoms with van der Waals surface area (Å²) in [5.41, 5.74) is 0.969. The van der Waals surface area contributed by atoms with Gasteiger partial charge in [-0.15, -0.1) is 0 Å². The van der Waals surface area contributed by atoms with Gasteiger partial charge in [0.05, 0.1) is 10.8 Å². The third kappa shape index (κ3) is 1.58. The Balaban J connectivity index is 2.36. The number of nitrogens with zero attached hydrogens (tertiary/aromatic N) is 2. The van der Waals surface area contributed by atoms with Crippen molar-refractivity contribution in [2.24, 2.45) is 0 Å². The summed E-state index contributed by atoms with van der Waals surface area (Å²) in [5, 5.41) is 2.22. The topological polar surface area (TPSA) is 42.3 Å². The van der Waals surface area contributed by atoms with Gasteiger partial charge in [0.15, 0.2) is 0 Å². The van der Waals surface area contributed by atoms with Crippen LogP contribution in [0.5, 0.6) is 0 Å². The summed E-state index contributed by atoms with van der Waals surface area (Å²) < 4.78 is 13.4. The smallest absolute Gasteiger partial charge is 0.259 e. The first-order valence-electron chi connectivity index (χ1n) is 5.81. The van der Waals surface area contributed by atoms with Crippen LogP contribution in [0.2, 0.25) is 0 Å². The molecule has 94 valence electrons. The monoisotopic (exact) mass is 262 g/mol. The molecular formula is C13H14N2O2S. The molecule has 18 heavy (non-hydrogen) atoms. The van der Waals surface area contributed by atoms with E-state index in [4.69, 9.17) is 0 Å². The van der Waals surface area contributed by atoms with Gasteiger partial charge in [0.1, 0.15) is 5.03 Å². The molecule has 0 bridgehead atoms. The predicted octanol–water partition coefficient (Wildman–Crippen LogP) is 1.19. The van der Waals surface area contributed by atoms with Crippen molar-refractivity contribution in [2.45, 2.75) is 11.6 Å². The van der Waals surface area contributed by atoms with Gasteiger partial charge < -0.3 is 4.90 Å². The van der Waals surface area contributed by atoms with E-state index in [-0.39, 0.29) is 5.56 Å². The van der Waals surface area contributed by atoms with Crippen molar-refractivity contribution in [3.8, 4) is 0 Å². The average Bonchev–Trinajstić information content (AvgIpc) is 2.71. The molecule has 3 rings (SSSR count). The lowest BCUT2D eigenvalue weighted by Gasteiger charge is -2.13. The van der Waals surface area contributed by atoms with Crippen molar-refractivity contribution in [1.82, 2.24) is 4.57 Å². The lowest BCUT2D eigenvalue weighted by atomic mass is 10.1. The average molecular weight is 262 g/mol. The minimum Gasteiger partial charge on any atom is -0.378 e. The number of pyridine rings is 1. The highest BCUT2D eigenvalue weighted by atomic mass is 32.2. The quantitative estimate of drug-likeness (QED) is 0.775. The van der Waals surface area contributed by atoms with E-state index in [1.807, 2.05) is 43.3 Å². The zero-order valence-electron chi connectivity index (χ0n) is 10.3. The zero-order valence-corrected chi connectivity index (χ0v) is 11.2. The van der Waals surface area contributed by atoms with Crippen molar-refractivity contribution >= 4 is 27.3 Å². The van der Waals surface area contributed by atoms with E-state index in [0.717, 1.165) is 11.1 Å². The molecule has 2 heterocycles. The Kier molecular flexibility index (Phi) is 2.52. The molecule has 1 aromatic heterocycles. The number of fused-ring (bicyclic) bond motifs is 2. The van der Waals surface area contributed by atoms with Crippen LogP contribution < -0.4 is 10.5 Å². The highest BCUT2D eigenvalue weighted by molar-refractivity contribution is 7.85. The molecule has 1 atom stereocenters. The standard InChI is InChI=1S/C13H14N2O2S/c1-14(2)10-4-3-9-7-12-15(5-6-18(12)17)13(16)11(9)8-10/h3-4,7-8H,5-6H2,1-2H3. The molecule has 0 amide bonds. The lowest BCUT2D eigenvalue weighted by Crippen LogP contribution is -2.19. The summed E-state index contributed by atoms with van der Waals surface area (Å²) >= 11 is 0. The fraction of sp³-hybridized carbons (Fsp3) is 0.308. The number of aromatic nitrogens is 1. The van der Waals surface area contributed by atoms with Gasteiger partial charge in [0.2, 0.25) is 0 Å². The maximum atomic E-state index is 12.4. The van der Waals surface area contributed by atoms with Crippen molar-refractivity contribution in [1.29, 1.82) is 0 Å². The summed E-state index contributed by atoms with van der Waals surface area (Å²) in [6.07, 6.45) is 0. The van der Waals surface area contributed by atoms with Crippen LogP contribution in [-0.4, -0.2) is 28.6 Å². The second-order valence-corrected chi connectivity index (χ2v) is 6.17. The minimum atomic E-state index is -1.03. The van der Waals surface area contributed by atoms with E-state index < -0.39 is 10.8 Å². The van der Waals surface area contributed by atoms with Gasteiger partial charge in [-0.1, -0.05) is 6.07 Å². The van der Waals surface area contributed by atoms with Crippen LogP contribution in [0.4, 0.5) is 5.69 Å². The Morgan fingerprint density at radius 3 is 2.78 bits per heavy atom. The van der Waals surface area contributed by atoms with Crippen molar-refractivity contribution in [2.75, 3.05) is 24.7 Å². The highest BCUT2D eigenvalue weighted by Crippen LogP contribution is 2.22. The maximum Gasteiger partial charge on any atom is 0.259 e. The Labute approximate surface area is 107 Å². The van der Waals surface area contributed by atoms with E-state index in [2.05, 4.69) is 0 Å². The van der Waals surface area contributed by atoms with Crippen LogP contribution in [0.1, 0.15) is 0 Å². The van der Waals surface area contributed by atoms with Gasteiger partial charge >= 0.3 is 0 Å². The lowest BCUT2D eigenvalue weighted by molar-refractivity contribution is 0.681. The fourth-order valence-electron chi connectivity index (χ4n) is 2.27. The number of hydrogen-bond acceptors (Lipinski definition) is 3. The fourth-order valence-corrected chi connectivity index (χ4v) is 3.51. The van der Waals surface area contributed by atoms with Gasteiger partial charge in [-0.3, -0.25) is 13.6 Å². The first-order chi connectivity index (χ1) is 8.58. The Bertz CT molecular complexity index is 719. The molecule has 0 fully saturated rings. The summed E-state index contributed by atoms with van der Waals surface area (Å²) in [5.74, 6) is 0.548. The highest BCUT2D eigenvalue weighted by Gasteiger charge is 2.20. The molecule has 4 nitrogen and oxygen atoms in total. The Morgan fingerprint density at radius 2 is 2.06 bits per heavy atom. The molecule has 2 aromatic rings. The molecule has 0 aliphatic carbocycles. The predicted molar refractivity (Wildman–Crippen MR) is 73.8 cm³/mol. The van der Waals surface area contributed by atoms with Gasteiger partial charge in [-0.2, -0.15) is 0 Å². The largest absolute Gasteiger partial charge is 0.378 e. The van der Waals surface area contributed by atoms with Crippen molar-refractivity contribution in [3.63, 3.8) is 0 Å². The molecule has 0 radical (unpaired) electrons. The zero-order chi connectivity index (χ0) is 12.9. The van der Waals surface area contributed by atoms with Crippen LogP contribution >= 0.6 is 0 Å². The molecule has 1 aliphatic rings. The van der Waals surface area contributed by atoms with E-state index in [0.29, 0.717) is 22.7 Å². The van der Waals surface area contributed by atoms with Crippen LogP contribution in [-0.2, 0) is 17.3 Å². The maximum absolute atomic E-state index is 12.4. The molecule has 1 aromatic carbocycles. The third-order valence-electron chi connectivity index (χ3n) is 3.31. The van der Waals surface area contributed by atoms with Crippen LogP contribution in [0.15, 0.2) is 34.1 Å². The van der Waals surface area contributed by atoms with Crippen LogP contribution in [0.3, 0.4) is 0 Å². The summed E-state index contributed by atoms with van der Waals surface area (Å²) in [7, 11) is 2.87. The minimum absolute atomic E-state index is 0.0305. The SMILES string of the molecule is CN(C)c1ccc2cc3n(c(=O)c2c1)CCS3=O. The van der Waals surface area contributed by atoms with Gasteiger partial charge in [0, 0.05) is 37.5 Å². The Hall–Kier alpha value is -1.62. The molecular weight excluding hydrogens is 248 g/mol. The van der Waals surface area contributed by atoms with Gasteiger partial charge in [-0.05, 0) is 23.6 Å². The number of anilines is 1. The first kappa shape index (κ1) is 11.5. The first-order valence-corrected chi connectivity index (χ1v) is 7.13. The molecule has 1 aliphatic heterocycles. The van der Waals surface area contributed by atoms with Crippen molar-refractivity contribution < 1.29 is 4.21 Å². The van der Waals surface area contributed by atoms with E-state index in [9.17, 15) is 9.00 Å². The summed E-state index contributed by atoms with van der Waals surface area (Å²) in [4.78, 5) is 14.3. The molecule has 0 N–H and O–H groups in total. The second-order valence-electron chi connectivity index (χ2n) is 4.65. The molecule has 0 spiro atoms. The van der Waals surface area contributed by atoms with E-state index >= 15 is 0 Å². The molecule has 0 saturated heterocycles. The molecule has 0 saturated carbocycles. The third-order valence-corrected chi connectivity index (χ3v) is 4.67. The number of hydrogen-bond donors (Lipinski definition) is 0. The van der Waals surface area contributed by atoms with Crippen LogP contribution in [0, 0.1) is 0 Å². The summed E-state index contributed by atoms with van der Waals surface area (Å²) in [6, 6.07) is 7.66. The Morgan fingerprint density at radius 1 is 1.28 bits per heavy atom. The molecule has 5 heteroatoms. The van der Waals surface area contributed by atoms with Crippen molar-refractivity contribution in [3.05, 3.63) is 34.6 Å². The normalized spacial score (nSPS) is 18.0. The van der Waals surface area contributed by atoms with E-state index in [1.54, 1.807) is 4.57 Å².